The van der Waals surface area contributed by atoms with Crippen LogP contribution in [0.15, 0.2) is 0 Å². The molecule has 1 fully saturated rings. The minimum Gasteiger partial charge on any atom is -0.387 e. The first-order valence-corrected chi connectivity index (χ1v) is 6.97. The molecule has 1 saturated heterocycles. The Kier molecular flexibility index (Phi) is 5.77. The zero-order valence-corrected chi connectivity index (χ0v) is 12.7. The van der Waals surface area contributed by atoms with Gasteiger partial charge in [0.1, 0.15) is 0 Å². The van der Waals surface area contributed by atoms with Crippen LogP contribution in [0.4, 0.5) is 0 Å². The van der Waals surface area contributed by atoms with Gasteiger partial charge in [-0.3, -0.25) is 9.69 Å². The van der Waals surface area contributed by atoms with Crippen LogP contribution in [0.2, 0.25) is 0 Å². The van der Waals surface area contributed by atoms with Gasteiger partial charge in [0.25, 0.3) is 0 Å². The summed E-state index contributed by atoms with van der Waals surface area (Å²) >= 11 is 0. The minimum absolute atomic E-state index is 0.00486. The first-order valence-electron chi connectivity index (χ1n) is 6.97. The Morgan fingerprint density at radius 3 is 2.37 bits per heavy atom. The van der Waals surface area contributed by atoms with Gasteiger partial charge < -0.3 is 15.2 Å². The van der Waals surface area contributed by atoms with Gasteiger partial charge in [-0.2, -0.15) is 0 Å². The molecular formula is C14H28N2O3. The largest absolute Gasteiger partial charge is 0.387 e. The number of carbonyl (C=O) groups excluding carboxylic acids is 1. The number of amides is 1. The average molecular weight is 272 g/mol. The highest BCUT2D eigenvalue weighted by Gasteiger charge is 2.26. The molecule has 19 heavy (non-hydrogen) atoms. The lowest BCUT2D eigenvalue weighted by molar-refractivity contribution is -0.124. The van der Waals surface area contributed by atoms with Gasteiger partial charge in [0, 0.05) is 32.6 Å². The summed E-state index contributed by atoms with van der Waals surface area (Å²) < 4.78 is 5.27. The monoisotopic (exact) mass is 272 g/mol. The molecule has 2 N–H and O–H groups in total. The zero-order chi connectivity index (χ0) is 14.5. The Bertz CT molecular complexity index is 292. The van der Waals surface area contributed by atoms with Crippen LogP contribution in [0.3, 0.4) is 0 Å². The number of hydrogen-bond donors (Lipinski definition) is 2. The molecule has 0 aliphatic carbocycles. The summed E-state index contributed by atoms with van der Waals surface area (Å²) in [6.45, 7) is 11.8. The van der Waals surface area contributed by atoms with E-state index in [1.54, 1.807) is 6.92 Å². The summed E-state index contributed by atoms with van der Waals surface area (Å²) in [5.41, 5.74) is -0.926. The average Bonchev–Trinajstić information content (AvgIpc) is 2.25. The van der Waals surface area contributed by atoms with Gasteiger partial charge in [-0.15, -0.1) is 0 Å². The number of ether oxygens (including phenoxy) is 1. The van der Waals surface area contributed by atoms with E-state index < -0.39 is 5.60 Å². The zero-order valence-electron chi connectivity index (χ0n) is 12.7. The van der Waals surface area contributed by atoms with E-state index in [1.807, 2.05) is 20.8 Å². The van der Waals surface area contributed by atoms with E-state index in [0.29, 0.717) is 32.7 Å². The summed E-state index contributed by atoms with van der Waals surface area (Å²) in [7, 11) is 0. The number of nitrogens with zero attached hydrogens (tertiary/aromatic N) is 1. The van der Waals surface area contributed by atoms with Gasteiger partial charge in [0.15, 0.2) is 0 Å². The third kappa shape index (κ3) is 7.50. The SMILES string of the molecule is CC(C)(C)CC(=O)NC[C@@](C)(O)CN1CCOCC1. The maximum absolute atomic E-state index is 11.7. The van der Waals surface area contributed by atoms with E-state index in [-0.39, 0.29) is 11.3 Å². The molecule has 0 aromatic carbocycles. The van der Waals surface area contributed by atoms with Crippen LogP contribution >= 0.6 is 0 Å². The third-order valence-electron chi connectivity index (χ3n) is 3.03. The predicted molar refractivity (Wildman–Crippen MR) is 75.0 cm³/mol. The second-order valence-electron chi connectivity index (χ2n) is 6.90. The molecule has 0 saturated carbocycles. The number of morpholine rings is 1. The molecule has 5 heteroatoms. The van der Waals surface area contributed by atoms with E-state index >= 15 is 0 Å². The van der Waals surface area contributed by atoms with Crippen molar-refractivity contribution in [3.05, 3.63) is 0 Å². The smallest absolute Gasteiger partial charge is 0.220 e. The molecular weight excluding hydrogens is 244 g/mol. The molecule has 1 aliphatic heterocycles. The Hall–Kier alpha value is -0.650. The fraction of sp³-hybridized carbons (Fsp3) is 0.929. The van der Waals surface area contributed by atoms with Crippen molar-refractivity contribution in [2.45, 2.75) is 39.7 Å². The van der Waals surface area contributed by atoms with Crippen molar-refractivity contribution in [1.82, 2.24) is 10.2 Å². The molecule has 1 rings (SSSR count). The molecule has 5 nitrogen and oxygen atoms in total. The summed E-state index contributed by atoms with van der Waals surface area (Å²) in [5.74, 6) is -0.00486. The molecule has 0 bridgehead atoms. The fourth-order valence-corrected chi connectivity index (χ4v) is 2.13. The van der Waals surface area contributed by atoms with Crippen LogP contribution < -0.4 is 5.32 Å². The molecule has 0 unspecified atom stereocenters. The van der Waals surface area contributed by atoms with Gasteiger partial charge in [-0.1, -0.05) is 20.8 Å². The standard InChI is InChI=1S/C14H28N2O3/c1-13(2,3)9-12(17)15-10-14(4,18)11-16-5-7-19-8-6-16/h18H,5-11H2,1-4H3,(H,15,17)/t14-/m1/s1. The molecule has 1 heterocycles. The highest BCUT2D eigenvalue weighted by atomic mass is 16.5. The van der Waals surface area contributed by atoms with Crippen LogP contribution in [0, 0.1) is 5.41 Å². The first-order chi connectivity index (χ1) is 8.68. The molecule has 1 aliphatic rings. The quantitative estimate of drug-likeness (QED) is 0.770. The van der Waals surface area contributed by atoms with Crippen molar-refractivity contribution in [1.29, 1.82) is 0 Å². The van der Waals surface area contributed by atoms with E-state index in [1.165, 1.54) is 0 Å². The summed E-state index contributed by atoms with van der Waals surface area (Å²) in [6, 6.07) is 0. The van der Waals surface area contributed by atoms with Crippen molar-refractivity contribution in [2.75, 3.05) is 39.4 Å². The third-order valence-corrected chi connectivity index (χ3v) is 3.03. The van der Waals surface area contributed by atoms with Crippen molar-refractivity contribution < 1.29 is 14.6 Å². The van der Waals surface area contributed by atoms with E-state index in [2.05, 4.69) is 10.2 Å². The Morgan fingerprint density at radius 2 is 1.84 bits per heavy atom. The van der Waals surface area contributed by atoms with Gasteiger partial charge in [0.05, 0.1) is 18.8 Å². The number of carbonyl (C=O) groups is 1. The van der Waals surface area contributed by atoms with E-state index in [9.17, 15) is 9.90 Å². The van der Waals surface area contributed by atoms with Crippen LogP contribution in [-0.2, 0) is 9.53 Å². The second-order valence-corrected chi connectivity index (χ2v) is 6.90. The first kappa shape index (κ1) is 16.4. The molecule has 0 spiro atoms. The summed E-state index contributed by atoms with van der Waals surface area (Å²) in [5, 5.41) is 13.1. The van der Waals surface area contributed by atoms with Crippen LogP contribution in [0.25, 0.3) is 0 Å². The lowest BCUT2D eigenvalue weighted by Gasteiger charge is -2.34. The highest BCUT2D eigenvalue weighted by Crippen LogP contribution is 2.18. The maximum Gasteiger partial charge on any atom is 0.220 e. The topological polar surface area (TPSA) is 61.8 Å². The maximum atomic E-state index is 11.7. The van der Waals surface area contributed by atoms with Gasteiger partial charge in [-0.25, -0.2) is 0 Å². The Morgan fingerprint density at radius 1 is 1.26 bits per heavy atom. The molecule has 1 amide bonds. The second kappa shape index (κ2) is 6.68. The Balaban J connectivity index is 2.31. The predicted octanol–water partition coefficient (Wildman–Crippen LogP) is 0.622. The number of hydrogen-bond acceptors (Lipinski definition) is 4. The number of β-amino-alcohol motifs (C(OH)–C–C–N with tert-alkyl or cyclic N) is 1. The minimum atomic E-state index is -0.898. The van der Waals surface area contributed by atoms with Crippen LogP contribution in [0.1, 0.15) is 34.1 Å². The van der Waals surface area contributed by atoms with Crippen molar-refractivity contribution >= 4 is 5.91 Å². The van der Waals surface area contributed by atoms with Gasteiger partial charge in [-0.05, 0) is 12.3 Å². The van der Waals surface area contributed by atoms with E-state index in [0.717, 1.165) is 13.1 Å². The Labute approximate surface area is 116 Å². The number of aliphatic hydroxyl groups is 1. The van der Waals surface area contributed by atoms with Crippen LogP contribution in [0.5, 0.6) is 0 Å². The highest BCUT2D eigenvalue weighted by molar-refractivity contribution is 5.76. The number of nitrogens with one attached hydrogen (secondary N) is 1. The normalized spacial score (nSPS) is 20.9. The molecule has 0 radical (unpaired) electrons. The molecule has 112 valence electrons. The van der Waals surface area contributed by atoms with Gasteiger partial charge >= 0.3 is 0 Å². The van der Waals surface area contributed by atoms with Crippen molar-refractivity contribution in [3.8, 4) is 0 Å². The fourth-order valence-electron chi connectivity index (χ4n) is 2.13. The lowest BCUT2D eigenvalue weighted by Crippen LogP contribution is -2.51. The van der Waals surface area contributed by atoms with Crippen molar-refractivity contribution in [2.24, 2.45) is 5.41 Å². The molecule has 1 atom stereocenters. The van der Waals surface area contributed by atoms with Crippen molar-refractivity contribution in [3.63, 3.8) is 0 Å². The molecule has 0 aromatic rings. The summed E-state index contributed by atoms with van der Waals surface area (Å²) in [4.78, 5) is 13.9. The molecule has 0 aromatic heterocycles. The van der Waals surface area contributed by atoms with Crippen LogP contribution in [-0.4, -0.2) is 60.9 Å². The summed E-state index contributed by atoms with van der Waals surface area (Å²) in [6.07, 6.45) is 0.473. The van der Waals surface area contributed by atoms with Gasteiger partial charge in [0.2, 0.25) is 5.91 Å². The van der Waals surface area contributed by atoms with E-state index in [4.69, 9.17) is 4.74 Å². The lowest BCUT2D eigenvalue weighted by atomic mass is 9.92. The number of rotatable bonds is 5.